The van der Waals surface area contributed by atoms with Crippen LogP contribution in [0, 0.1) is 11.6 Å². The number of para-hydroxylation sites is 1. The highest BCUT2D eigenvalue weighted by Crippen LogP contribution is 2.27. The molecule has 0 fully saturated rings. The second kappa shape index (κ2) is 7.44. The van der Waals surface area contributed by atoms with Crippen molar-refractivity contribution in [1.82, 2.24) is 0 Å². The Bertz CT molecular complexity index is 1110. The third-order valence-electron chi connectivity index (χ3n) is 3.95. The Hall–Kier alpha value is -3.80. The number of nitrogens with zero attached hydrogens (tertiary/aromatic N) is 1. The summed E-state index contributed by atoms with van der Waals surface area (Å²) < 4.78 is 38.5. The van der Waals surface area contributed by atoms with E-state index in [0.29, 0.717) is 11.3 Å². The molecule has 0 aliphatic carbocycles. The summed E-state index contributed by atoms with van der Waals surface area (Å²) in [6.07, 6.45) is 1.42. The molecule has 0 unspecified atom stereocenters. The molecule has 0 spiro atoms. The van der Waals surface area contributed by atoms with E-state index in [0.717, 1.165) is 0 Å². The molecule has 3 aromatic rings. The van der Waals surface area contributed by atoms with E-state index in [1.165, 1.54) is 42.5 Å². The molecule has 4 nitrogen and oxygen atoms in total. The number of cyclic esters (lactones) is 1. The van der Waals surface area contributed by atoms with Crippen molar-refractivity contribution in [2.45, 2.75) is 0 Å². The maximum Gasteiger partial charge on any atom is 0.363 e. The van der Waals surface area contributed by atoms with Crippen LogP contribution in [0.15, 0.2) is 83.5 Å². The van der Waals surface area contributed by atoms with Gasteiger partial charge in [-0.1, -0.05) is 36.4 Å². The lowest BCUT2D eigenvalue weighted by molar-refractivity contribution is -0.129. The summed E-state index contributed by atoms with van der Waals surface area (Å²) >= 11 is 0. The van der Waals surface area contributed by atoms with Crippen LogP contribution in [0.5, 0.6) is 11.5 Å². The number of rotatable bonds is 4. The first-order chi connectivity index (χ1) is 13.6. The monoisotopic (exact) mass is 377 g/mol. The molecule has 0 radical (unpaired) electrons. The van der Waals surface area contributed by atoms with Crippen molar-refractivity contribution < 1.29 is 23.0 Å². The highest BCUT2D eigenvalue weighted by Gasteiger charge is 2.26. The average Bonchev–Trinajstić information content (AvgIpc) is 3.06. The fraction of sp³-hybridized carbons (Fsp3) is 0. The predicted octanol–water partition coefficient (Wildman–Crippen LogP) is 5.10. The fourth-order valence-corrected chi connectivity index (χ4v) is 2.62. The number of hydrogen-bond acceptors (Lipinski definition) is 4. The Balaban J connectivity index is 1.64. The topological polar surface area (TPSA) is 47.9 Å². The first-order valence-electron chi connectivity index (χ1n) is 8.40. The van der Waals surface area contributed by atoms with Crippen molar-refractivity contribution in [3.05, 3.63) is 101 Å². The maximum atomic E-state index is 14.1. The summed E-state index contributed by atoms with van der Waals surface area (Å²) in [5, 5.41) is 0. The van der Waals surface area contributed by atoms with E-state index in [4.69, 9.17) is 9.47 Å². The molecule has 0 N–H and O–H groups in total. The first kappa shape index (κ1) is 17.6. The van der Waals surface area contributed by atoms with E-state index >= 15 is 0 Å². The molecule has 0 saturated carbocycles. The second-order valence-corrected chi connectivity index (χ2v) is 5.92. The molecule has 0 atom stereocenters. The van der Waals surface area contributed by atoms with Gasteiger partial charge in [0.05, 0.1) is 5.56 Å². The van der Waals surface area contributed by atoms with Gasteiger partial charge in [0.15, 0.2) is 17.3 Å². The van der Waals surface area contributed by atoms with Crippen molar-refractivity contribution in [1.29, 1.82) is 0 Å². The molecule has 0 amide bonds. The first-order valence-corrected chi connectivity index (χ1v) is 8.40. The molecule has 1 aliphatic heterocycles. The average molecular weight is 377 g/mol. The smallest absolute Gasteiger partial charge is 0.363 e. The van der Waals surface area contributed by atoms with E-state index in [9.17, 15) is 13.6 Å². The van der Waals surface area contributed by atoms with Gasteiger partial charge in [-0.25, -0.2) is 18.6 Å². The molecule has 138 valence electrons. The Morgan fingerprint density at radius 1 is 0.893 bits per heavy atom. The zero-order valence-corrected chi connectivity index (χ0v) is 14.4. The Morgan fingerprint density at radius 3 is 2.43 bits per heavy atom. The minimum absolute atomic E-state index is 0.00483. The van der Waals surface area contributed by atoms with Crippen molar-refractivity contribution in [3.8, 4) is 11.5 Å². The lowest BCUT2D eigenvalue weighted by Gasteiger charge is -2.07. The molecule has 0 saturated heterocycles. The number of ether oxygens (including phenoxy) is 2. The van der Waals surface area contributed by atoms with E-state index in [1.807, 2.05) is 6.07 Å². The SMILES string of the molecule is O=C1OC(c2ccccc2F)=N/C1=C/c1ccc(F)c(Oc2ccccc2)c1. The van der Waals surface area contributed by atoms with Crippen molar-refractivity contribution >= 4 is 17.9 Å². The van der Waals surface area contributed by atoms with Crippen molar-refractivity contribution in [2.24, 2.45) is 4.99 Å². The lowest BCUT2D eigenvalue weighted by Crippen LogP contribution is -2.07. The van der Waals surface area contributed by atoms with Crippen molar-refractivity contribution in [3.63, 3.8) is 0 Å². The molecule has 3 aromatic carbocycles. The highest BCUT2D eigenvalue weighted by molar-refractivity contribution is 6.12. The Labute approximate surface area is 159 Å². The predicted molar refractivity (Wildman–Crippen MR) is 99.9 cm³/mol. The van der Waals surface area contributed by atoms with Crippen LogP contribution in [0.25, 0.3) is 6.08 Å². The number of benzene rings is 3. The van der Waals surface area contributed by atoms with Gasteiger partial charge in [0.1, 0.15) is 11.6 Å². The van der Waals surface area contributed by atoms with E-state index in [2.05, 4.69) is 4.99 Å². The Morgan fingerprint density at radius 2 is 1.64 bits per heavy atom. The molecule has 0 aromatic heterocycles. The van der Waals surface area contributed by atoms with Gasteiger partial charge < -0.3 is 9.47 Å². The molecule has 4 rings (SSSR count). The largest absolute Gasteiger partial charge is 0.454 e. The summed E-state index contributed by atoms with van der Waals surface area (Å²) in [5.74, 6) is -1.44. The summed E-state index contributed by atoms with van der Waals surface area (Å²) in [6, 6.07) is 18.8. The zero-order valence-electron chi connectivity index (χ0n) is 14.4. The van der Waals surface area contributed by atoms with Gasteiger partial charge in [0.25, 0.3) is 0 Å². The van der Waals surface area contributed by atoms with E-state index < -0.39 is 17.6 Å². The zero-order chi connectivity index (χ0) is 19.5. The van der Waals surface area contributed by atoms with Gasteiger partial charge in [0.2, 0.25) is 5.90 Å². The number of carbonyl (C=O) groups is 1. The van der Waals surface area contributed by atoms with Crippen LogP contribution in [0.3, 0.4) is 0 Å². The molecule has 28 heavy (non-hydrogen) atoms. The number of carbonyl (C=O) groups excluding carboxylic acids is 1. The summed E-state index contributed by atoms with van der Waals surface area (Å²) in [6.45, 7) is 0. The standard InChI is InChI=1S/C22H13F2NO3/c23-17-9-5-4-8-16(17)21-25-19(22(26)28-21)12-14-10-11-18(24)20(13-14)27-15-6-2-1-3-7-15/h1-13H/b19-12+. The van der Waals surface area contributed by atoms with Crippen molar-refractivity contribution in [2.75, 3.05) is 0 Å². The van der Waals surface area contributed by atoms with Crippen LogP contribution in [0.4, 0.5) is 8.78 Å². The van der Waals surface area contributed by atoms with Crippen LogP contribution in [0.1, 0.15) is 11.1 Å². The normalized spacial score (nSPS) is 14.7. The van der Waals surface area contributed by atoms with E-state index in [-0.39, 0.29) is 22.9 Å². The van der Waals surface area contributed by atoms with Crippen LogP contribution in [0.2, 0.25) is 0 Å². The molecule has 1 aliphatic rings. The van der Waals surface area contributed by atoms with Crippen LogP contribution < -0.4 is 4.74 Å². The molecular weight excluding hydrogens is 364 g/mol. The minimum atomic E-state index is -0.715. The lowest BCUT2D eigenvalue weighted by atomic mass is 10.1. The second-order valence-electron chi connectivity index (χ2n) is 5.92. The number of aliphatic imine (C=N–C) groups is 1. The maximum absolute atomic E-state index is 14.1. The third-order valence-corrected chi connectivity index (χ3v) is 3.95. The quantitative estimate of drug-likeness (QED) is 0.469. The van der Waals surface area contributed by atoms with Gasteiger partial charge in [-0.3, -0.25) is 0 Å². The highest BCUT2D eigenvalue weighted by atomic mass is 19.1. The summed E-state index contributed by atoms with van der Waals surface area (Å²) in [5.41, 5.74) is 0.555. The van der Waals surface area contributed by atoms with Crippen LogP contribution in [-0.2, 0) is 9.53 Å². The van der Waals surface area contributed by atoms with Gasteiger partial charge in [0, 0.05) is 0 Å². The molecular formula is C22H13F2NO3. The van der Waals surface area contributed by atoms with Gasteiger partial charge >= 0.3 is 5.97 Å². The number of halogens is 2. The molecule has 1 heterocycles. The van der Waals surface area contributed by atoms with Crippen LogP contribution >= 0.6 is 0 Å². The summed E-state index contributed by atoms with van der Waals surface area (Å²) in [7, 11) is 0. The number of hydrogen-bond donors (Lipinski definition) is 0. The van der Waals surface area contributed by atoms with Gasteiger partial charge in [-0.05, 0) is 48.0 Å². The van der Waals surface area contributed by atoms with Gasteiger partial charge in [-0.2, -0.15) is 0 Å². The minimum Gasteiger partial charge on any atom is -0.454 e. The molecule has 6 heteroatoms. The number of esters is 1. The van der Waals surface area contributed by atoms with E-state index in [1.54, 1.807) is 30.3 Å². The molecule has 0 bridgehead atoms. The fourth-order valence-electron chi connectivity index (χ4n) is 2.62. The Kier molecular flexibility index (Phi) is 4.68. The third kappa shape index (κ3) is 3.66. The van der Waals surface area contributed by atoms with Crippen LogP contribution in [-0.4, -0.2) is 11.9 Å². The summed E-state index contributed by atoms with van der Waals surface area (Å²) in [4.78, 5) is 16.1. The van der Waals surface area contributed by atoms with Gasteiger partial charge in [-0.15, -0.1) is 0 Å².